The molecular formula is C13H24. The lowest BCUT2D eigenvalue weighted by Crippen LogP contribution is -2.12. The van der Waals surface area contributed by atoms with E-state index in [4.69, 9.17) is 0 Å². The fourth-order valence-electron chi connectivity index (χ4n) is 2.91. The van der Waals surface area contributed by atoms with E-state index in [1.54, 1.807) is 38.5 Å². The summed E-state index contributed by atoms with van der Waals surface area (Å²) in [5, 5.41) is 0. The first kappa shape index (κ1) is 9.55. The van der Waals surface area contributed by atoms with Gasteiger partial charge in [-0.15, -0.1) is 0 Å². The van der Waals surface area contributed by atoms with Gasteiger partial charge in [-0.25, -0.2) is 0 Å². The first-order valence-electron chi connectivity index (χ1n) is 6.45. The van der Waals surface area contributed by atoms with Crippen LogP contribution in [0.2, 0.25) is 0 Å². The molecule has 0 saturated heterocycles. The molecule has 2 saturated carbocycles. The Hall–Kier alpha value is 0. The third kappa shape index (κ3) is 3.00. The van der Waals surface area contributed by atoms with Gasteiger partial charge in [-0.3, -0.25) is 0 Å². The van der Waals surface area contributed by atoms with E-state index in [-0.39, 0.29) is 0 Å². The maximum Gasteiger partial charge on any atom is -0.0414 e. The second kappa shape index (κ2) is 5.02. The predicted octanol–water partition coefficient (Wildman–Crippen LogP) is 4.54. The average Bonchev–Trinajstić information content (AvgIpc) is 2.30. The highest BCUT2D eigenvalue weighted by atomic mass is 14.3. The molecule has 0 nitrogen and oxygen atoms in total. The Morgan fingerprint density at radius 3 is 1.38 bits per heavy atom. The molecule has 2 aliphatic rings. The molecule has 2 fully saturated rings. The molecule has 0 amide bonds. The van der Waals surface area contributed by atoms with Crippen LogP contribution in [0.25, 0.3) is 0 Å². The van der Waals surface area contributed by atoms with Gasteiger partial charge in [-0.05, 0) is 11.8 Å². The van der Waals surface area contributed by atoms with Crippen LogP contribution in [0.3, 0.4) is 0 Å². The largest absolute Gasteiger partial charge is 0.0533 e. The first-order valence-corrected chi connectivity index (χ1v) is 6.45. The topological polar surface area (TPSA) is 0 Å². The summed E-state index contributed by atoms with van der Waals surface area (Å²) in [5.74, 6) is 2.26. The quantitative estimate of drug-likeness (QED) is 0.559. The van der Waals surface area contributed by atoms with Crippen molar-refractivity contribution in [3.63, 3.8) is 0 Å². The lowest BCUT2D eigenvalue weighted by molar-refractivity contribution is 0.262. The van der Waals surface area contributed by atoms with Crippen LogP contribution in [0, 0.1) is 11.8 Å². The predicted molar refractivity (Wildman–Crippen MR) is 57.8 cm³/mol. The summed E-state index contributed by atoms with van der Waals surface area (Å²) >= 11 is 0. The molecule has 0 atom stereocenters. The van der Waals surface area contributed by atoms with Crippen LogP contribution in [0.4, 0.5) is 0 Å². The summed E-state index contributed by atoms with van der Waals surface area (Å²) < 4.78 is 0. The highest BCUT2D eigenvalue weighted by molar-refractivity contribution is 4.72. The lowest BCUT2D eigenvalue weighted by atomic mass is 9.79. The van der Waals surface area contributed by atoms with Crippen LogP contribution in [0.1, 0.15) is 70.6 Å². The van der Waals surface area contributed by atoms with E-state index < -0.39 is 0 Å². The molecule has 0 radical (unpaired) electrons. The van der Waals surface area contributed by atoms with E-state index in [1.807, 2.05) is 0 Å². The Balaban J connectivity index is 1.61. The summed E-state index contributed by atoms with van der Waals surface area (Å²) in [6, 6.07) is 0. The molecule has 0 aromatic carbocycles. The Morgan fingerprint density at radius 1 is 0.538 bits per heavy atom. The van der Waals surface area contributed by atoms with Crippen molar-refractivity contribution >= 4 is 0 Å². The Morgan fingerprint density at radius 2 is 1.00 bits per heavy atom. The van der Waals surface area contributed by atoms with Gasteiger partial charge < -0.3 is 0 Å². The fourth-order valence-corrected chi connectivity index (χ4v) is 2.91. The smallest absolute Gasteiger partial charge is 0.0414 e. The minimum Gasteiger partial charge on any atom is -0.0533 e. The number of hydrogen-bond acceptors (Lipinski definition) is 0. The monoisotopic (exact) mass is 180 g/mol. The molecule has 0 unspecified atom stereocenters. The molecule has 0 N–H and O–H groups in total. The zero-order chi connectivity index (χ0) is 8.93. The van der Waals surface area contributed by atoms with E-state index >= 15 is 0 Å². The van der Waals surface area contributed by atoms with E-state index in [1.165, 1.54) is 32.1 Å². The van der Waals surface area contributed by atoms with E-state index in [0.29, 0.717) is 0 Å². The van der Waals surface area contributed by atoms with Gasteiger partial charge in [0.2, 0.25) is 0 Å². The van der Waals surface area contributed by atoms with Crippen molar-refractivity contribution in [2.75, 3.05) is 0 Å². The van der Waals surface area contributed by atoms with Crippen LogP contribution in [-0.4, -0.2) is 0 Å². The van der Waals surface area contributed by atoms with Gasteiger partial charge in [0.25, 0.3) is 0 Å². The number of rotatable bonds is 3. The summed E-state index contributed by atoms with van der Waals surface area (Å²) in [4.78, 5) is 0. The summed E-state index contributed by atoms with van der Waals surface area (Å²) in [6.45, 7) is 0. The van der Waals surface area contributed by atoms with E-state index in [2.05, 4.69) is 0 Å². The fraction of sp³-hybridized carbons (Fsp3) is 1.00. The van der Waals surface area contributed by atoms with Crippen molar-refractivity contribution in [2.45, 2.75) is 70.6 Å². The molecule has 0 spiro atoms. The van der Waals surface area contributed by atoms with Gasteiger partial charge in [-0.2, -0.15) is 0 Å². The standard InChI is InChI=1S/C13H24/c1-2-4-7-12(6-3-1)10-11-13-8-5-9-13/h12-13H,1-11H2. The Kier molecular flexibility index (Phi) is 3.69. The summed E-state index contributed by atoms with van der Waals surface area (Å²) in [7, 11) is 0. The molecule has 0 aliphatic heterocycles. The first-order chi connectivity index (χ1) is 6.45. The Bertz CT molecular complexity index is 127. The second-order valence-corrected chi connectivity index (χ2v) is 5.23. The van der Waals surface area contributed by atoms with Gasteiger partial charge in [0.1, 0.15) is 0 Å². The number of hydrogen-bond donors (Lipinski definition) is 0. The van der Waals surface area contributed by atoms with Crippen LogP contribution in [0.5, 0.6) is 0 Å². The molecule has 0 heterocycles. The molecule has 0 heteroatoms. The van der Waals surface area contributed by atoms with Crippen LogP contribution < -0.4 is 0 Å². The molecular weight excluding hydrogens is 156 g/mol. The molecule has 0 bridgehead atoms. The molecule has 0 aromatic heterocycles. The van der Waals surface area contributed by atoms with E-state index in [0.717, 1.165) is 11.8 Å². The highest BCUT2D eigenvalue weighted by Gasteiger charge is 2.19. The molecule has 2 rings (SSSR count). The second-order valence-electron chi connectivity index (χ2n) is 5.23. The minimum atomic E-state index is 1.11. The van der Waals surface area contributed by atoms with Gasteiger partial charge in [0.15, 0.2) is 0 Å². The average molecular weight is 180 g/mol. The van der Waals surface area contributed by atoms with Crippen molar-refractivity contribution in [2.24, 2.45) is 11.8 Å². The summed E-state index contributed by atoms with van der Waals surface area (Å²) in [6.07, 6.45) is 16.9. The highest BCUT2D eigenvalue weighted by Crippen LogP contribution is 2.34. The van der Waals surface area contributed by atoms with Crippen LogP contribution in [-0.2, 0) is 0 Å². The van der Waals surface area contributed by atoms with Crippen LogP contribution in [0.15, 0.2) is 0 Å². The van der Waals surface area contributed by atoms with Crippen molar-refractivity contribution < 1.29 is 0 Å². The third-order valence-corrected chi connectivity index (χ3v) is 4.18. The van der Waals surface area contributed by atoms with Crippen molar-refractivity contribution in [3.8, 4) is 0 Å². The summed E-state index contributed by atoms with van der Waals surface area (Å²) in [5.41, 5.74) is 0. The van der Waals surface area contributed by atoms with Crippen molar-refractivity contribution in [3.05, 3.63) is 0 Å². The van der Waals surface area contributed by atoms with Gasteiger partial charge >= 0.3 is 0 Å². The van der Waals surface area contributed by atoms with Gasteiger partial charge in [0.05, 0.1) is 0 Å². The van der Waals surface area contributed by atoms with Crippen LogP contribution >= 0.6 is 0 Å². The van der Waals surface area contributed by atoms with Gasteiger partial charge in [0, 0.05) is 0 Å². The van der Waals surface area contributed by atoms with Crippen molar-refractivity contribution in [1.29, 1.82) is 0 Å². The minimum absolute atomic E-state index is 1.11. The molecule has 76 valence electrons. The SMILES string of the molecule is C1CCCC(CCC2CCC2)CC1. The van der Waals surface area contributed by atoms with Gasteiger partial charge in [-0.1, -0.05) is 70.6 Å². The Labute approximate surface area is 83.1 Å². The third-order valence-electron chi connectivity index (χ3n) is 4.18. The zero-order valence-electron chi connectivity index (χ0n) is 8.93. The maximum atomic E-state index is 1.56. The molecule has 13 heavy (non-hydrogen) atoms. The maximum absolute atomic E-state index is 1.56. The van der Waals surface area contributed by atoms with Crippen molar-refractivity contribution in [1.82, 2.24) is 0 Å². The lowest BCUT2D eigenvalue weighted by Gasteiger charge is -2.27. The normalized spacial score (nSPS) is 26.8. The molecule has 0 aromatic rings. The molecule has 2 aliphatic carbocycles. The zero-order valence-corrected chi connectivity index (χ0v) is 8.93. The van der Waals surface area contributed by atoms with E-state index in [9.17, 15) is 0 Å².